The largest absolute Gasteiger partial charge is 0.295 e. The summed E-state index contributed by atoms with van der Waals surface area (Å²) in [6, 6.07) is -0.0269. The number of hydrogen-bond donors (Lipinski definition) is 0. The average molecular weight is 226 g/mol. The second-order valence-corrected chi connectivity index (χ2v) is 4.83. The van der Waals surface area contributed by atoms with Gasteiger partial charge in [-0.15, -0.1) is 5.10 Å². The third kappa shape index (κ3) is 2.05. The number of rotatable bonds is 2. The fourth-order valence-electron chi connectivity index (χ4n) is 1.65. The van der Waals surface area contributed by atoms with Crippen molar-refractivity contribution in [2.45, 2.75) is 6.04 Å². The summed E-state index contributed by atoms with van der Waals surface area (Å²) in [5.74, 6) is 2.09. The molecule has 1 aliphatic heterocycles. The molecule has 1 unspecified atom stereocenters. The van der Waals surface area contributed by atoms with Gasteiger partial charge in [0, 0.05) is 25.1 Å². The number of Topliss-reactive ketones (excluding diaryl/α,β-unsaturated/α-hetero) is 1. The van der Waals surface area contributed by atoms with Crippen molar-refractivity contribution in [1.82, 2.24) is 19.9 Å². The minimum atomic E-state index is -0.0269. The van der Waals surface area contributed by atoms with Crippen LogP contribution in [0.2, 0.25) is 0 Å². The first kappa shape index (κ1) is 10.6. The van der Waals surface area contributed by atoms with Crippen LogP contribution in [-0.2, 0) is 7.05 Å². The number of carbonyl (C=O) groups excluding carboxylic acids is 1. The Bertz CT molecular complexity index is 365. The maximum Gasteiger partial charge on any atom is 0.200 e. The van der Waals surface area contributed by atoms with Crippen LogP contribution >= 0.6 is 11.8 Å². The molecular formula is C9H14N4OS. The normalized spacial score (nSPS) is 22.9. The molecule has 0 saturated carbocycles. The Morgan fingerprint density at radius 1 is 1.60 bits per heavy atom. The molecule has 82 valence electrons. The van der Waals surface area contributed by atoms with Gasteiger partial charge in [0.05, 0.1) is 12.2 Å². The van der Waals surface area contributed by atoms with E-state index in [9.17, 15) is 4.79 Å². The zero-order valence-electron chi connectivity index (χ0n) is 8.88. The Morgan fingerprint density at radius 3 is 3.00 bits per heavy atom. The Morgan fingerprint density at radius 2 is 2.40 bits per heavy atom. The van der Waals surface area contributed by atoms with E-state index in [0.717, 1.165) is 18.1 Å². The molecule has 0 bridgehead atoms. The van der Waals surface area contributed by atoms with Crippen molar-refractivity contribution in [1.29, 1.82) is 0 Å². The van der Waals surface area contributed by atoms with Gasteiger partial charge in [-0.3, -0.25) is 9.69 Å². The van der Waals surface area contributed by atoms with Crippen LogP contribution < -0.4 is 0 Å². The van der Waals surface area contributed by atoms with Crippen LogP contribution in [0.3, 0.4) is 0 Å². The number of nitrogens with zero attached hydrogens (tertiary/aromatic N) is 4. The van der Waals surface area contributed by atoms with Crippen molar-refractivity contribution in [3.05, 3.63) is 11.9 Å². The molecule has 1 atom stereocenters. The highest BCUT2D eigenvalue weighted by Gasteiger charge is 2.28. The molecule has 1 aromatic rings. The lowest BCUT2D eigenvalue weighted by atomic mass is 10.1. The van der Waals surface area contributed by atoms with Gasteiger partial charge in [0.25, 0.3) is 0 Å². The summed E-state index contributed by atoms with van der Waals surface area (Å²) in [5.41, 5.74) is 0.592. The third-order valence-electron chi connectivity index (χ3n) is 2.67. The number of thioether (sulfide) groups is 1. The predicted molar refractivity (Wildman–Crippen MR) is 59.1 cm³/mol. The first-order chi connectivity index (χ1) is 7.20. The molecule has 1 aromatic heterocycles. The van der Waals surface area contributed by atoms with E-state index >= 15 is 0 Å². The summed E-state index contributed by atoms with van der Waals surface area (Å²) in [6.07, 6.45) is 1.54. The van der Waals surface area contributed by atoms with Crippen LogP contribution in [0.25, 0.3) is 0 Å². The minimum absolute atomic E-state index is 0.0269. The van der Waals surface area contributed by atoms with E-state index in [0.29, 0.717) is 5.69 Å². The van der Waals surface area contributed by atoms with Crippen molar-refractivity contribution in [3.63, 3.8) is 0 Å². The molecule has 0 radical (unpaired) electrons. The summed E-state index contributed by atoms with van der Waals surface area (Å²) in [7, 11) is 3.74. The highest BCUT2D eigenvalue weighted by atomic mass is 32.2. The molecule has 1 aliphatic rings. The van der Waals surface area contributed by atoms with E-state index in [-0.39, 0.29) is 11.8 Å². The van der Waals surface area contributed by atoms with Gasteiger partial charge < -0.3 is 0 Å². The smallest absolute Gasteiger partial charge is 0.200 e. The number of carbonyl (C=O) groups is 1. The topological polar surface area (TPSA) is 51.0 Å². The van der Waals surface area contributed by atoms with Crippen molar-refractivity contribution in [3.8, 4) is 0 Å². The average Bonchev–Trinajstić information content (AvgIpc) is 2.64. The quantitative estimate of drug-likeness (QED) is 0.667. The van der Waals surface area contributed by atoms with Gasteiger partial charge in [0.1, 0.15) is 5.69 Å². The van der Waals surface area contributed by atoms with E-state index in [1.54, 1.807) is 7.05 Å². The Labute approximate surface area is 92.8 Å². The molecule has 0 aromatic carbocycles. The van der Waals surface area contributed by atoms with E-state index in [4.69, 9.17) is 0 Å². The Balaban J connectivity index is 2.17. The molecule has 2 rings (SSSR count). The fraction of sp³-hybridized carbons (Fsp3) is 0.667. The molecule has 0 amide bonds. The van der Waals surface area contributed by atoms with Crippen LogP contribution in [0.4, 0.5) is 0 Å². The van der Waals surface area contributed by atoms with Gasteiger partial charge in [-0.2, -0.15) is 11.8 Å². The molecule has 6 heteroatoms. The fourth-order valence-corrected chi connectivity index (χ4v) is 2.86. The van der Waals surface area contributed by atoms with Crippen molar-refractivity contribution in [2.75, 3.05) is 25.1 Å². The highest BCUT2D eigenvalue weighted by Crippen LogP contribution is 2.17. The maximum atomic E-state index is 12.1. The maximum absolute atomic E-state index is 12.1. The van der Waals surface area contributed by atoms with Crippen molar-refractivity contribution in [2.24, 2.45) is 7.05 Å². The summed E-state index contributed by atoms with van der Waals surface area (Å²) in [5, 5.41) is 7.51. The Kier molecular flexibility index (Phi) is 3.06. The van der Waals surface area contributed by atoms with Gasteiger partial charge in [0.2, 0.25) is 0 Å². The number of hydrogen-bond acceptors (Lipinski definition) is 5. The number of aryl methyl sites for hydroxylation is 1. The van der Waals surface area contributed by atoms with Gasteiger partial charge >= 0.3 is 0 Å². The Hall–Kier alpha value is -0.880. The van der Waals surface area contributed by atoms with Gasteiger partial charge in [-0.1, -0.05) is 5.21 Å². The van der Waals surface area contributed by atoms with Gasteiger partial charge in [-0.25, -0.2) is 4.68 Å². The summed E-state index contributed by atoms with van der Waals surface area (Å²) < 4.78 is 1.54. The molecule has 1 saturated heterocycles. The molecule has 0 aliphatic carbocycles. The zero-order valence-corrected chi connectivity index (χ0v) is 9.70. The summed E-state index contributed by atoms with van der Waals surface area (Å²) in [4.78, 5) is 14.2. The monoisotopic (exact) mass is 226 g/mol. The summed E-state index contributed by atoms with van der Waals surface area (Å²) >= 11 is 1.83. The number of ketones is 1. The SMILES string of the molecule is CN1CCSCC1C(=O)c1cnnn1C. The van der Waals surface area contributed by atoms with Gasteiger partial charge in [-0.05, 0) is 7.05 Å². The number of aromatic nitrogens is 3. The van der Waals surface area contributed by atoms with Crippen LogP contribution in [0.15, 0.2) is 6.20 Å². The minimum Gasteiger partial charge on any atom is -0.295 e. The van der Waals surface area contributed by atoms with E-state index < -0.39 is 0 Å². The standard InChI is InChI=1S/C9H14N4OS/c1-12-3-4-15-6-8(12)9(14)7-5-10-11-13(7)2/h5,8H,3-4,6H2,1-2H3. The lowest BCUT2D eigenvalue weighted by molar-refractivity contribution is 0.0864. The van der Waals surface area contributed by atoms with E-state index in [1.807, 2.05) is 18.8 Å². The number of likely N-dealkylation sites (N-methyl/N-ethyl adjacent to an activating group) is 1. The highest BCUT2D eigenvalue weighted by molar-refractivity contribution is 7.99. The second-order valence-electron chi connectivity index (χ2n) is 3.68. The van der Waals surface area contributed by atoms with Crippen LogP contribution in [0.5, 0.6) is 0 Å². The van der Waals surface area contributed by atoms with Crippen LogP contribution in [-0.4, -0.2) is 56.8 Å². The van der Waals surface area contributed by atoms with Crippen LogP contribution in [0.1, 0.15) is 10.5 Å². The lowest BCUT2D eigenvalue weighted by Crippen LogP contribution is -2.45. The second kappa shape index (κ2) is 4.32. The zero-order chi connectivity index (χ0) is 10.8. The molecule has 2 heterocycles. The van der Waals surface area contributed by atoms with Gasteiger partial charge in [0.15, 0.2) is 5.78 Å². The molecule has 0 spiro atoms. The van der Waals surface area contributed by atoms with Crippen molar-refractivity contribution >= 4 is 17.5 Å². The molecule has 1 fully saturated rings. The van der Waals surface area contributed by atoms with E-state index in [1.165, 1.54) is 10.9 Å². The van der Waals surface area contributed by atoms with Crippen LogP contribution in [0, 0.1) is 0 Å². The lowest BCUT2D eigenvalue weighted by Gasteiger charge is -2.30. The van der Waals surface area contributed by atoms with E-state index in [2.05, 4.69) is 15.2 Å². The molecule has 0 N–H and O–H groups in total. The molecular weight excluding hydrogens is 212 g/mol. The first-order valence-corrected chi connectivity index (χ1v) is 6.02. The third-order valence-corrected chi connectivity index (χ3v) is 3.69. The molecule has 5 nitrogen and oxygen atoms in total. The van der Waals surface area contributed by atoms with Crippen molar-refractivity contribution < 1.29 is 4.79 Å². The first-order valence-electron chi connectivity index (χ1n) is 4.87. The summed E-state index contributed by atoms with van der Waals surface area (Å²) in [6.45, 7) is 0.965. The predicted octanol–water partition coefficient (Wildman–Crippen LogP) is 0.0450. The molecule has 15 heavy (non-hydrogen) atoms.